The van der Waals surface area contributed by atoms with Gasteiger partial charge in [-0.15, -0.1) is 22.7 Å². The minimum absolute atomic E-state index is 0.00275. The first kappa shape index (κ1) is 24.6. The lowest BCUT2D eigenvalue weighted by molar-refractivity contribution is -0.124. The molecule has 1 aliphatic rings. The highest BCUT2D eigenvalue weighted by Crippen LogP contribution is 2.37. The maximum absolute atomic E-state index is 12.7. The number of nitrogens with zero attached hydrogens (tertiary/aromatic N) is 1. The summed E-state index contributed by atoms with van der Waals surface area (Å²) >= 11 is 7.98. The van der Waals surface area contributed by atoms with Crippen molar-refractivity contribution in [2.45, 2.75) is 20.3 Å². The third-order valence-electron chi connectivity index (χ3n) is 5.11. The Labute approximate surface area is 205 Å². The molecular weight excluding hydrogens is 476 g/mol. The molecule has 170 valence electrons. The van der Waals surface area contributed by atoms with E-state index in [2.05, 4.69) is 11.9 Å². The van der Waals surface area contributed by atoms with Gasteiger partial charge >= 0.3 is 0 Å². The van der Waals surface area contributed by atoms with Crippen molar-refractivity contribution in [1.82, 2.24) is 10.2 Å². The van der Waals surface area contributed by atoms with Gasteiger partial charge in [0.05, 0.1) is 11.1 Å². The van der Waals surface area contributed by atoms with Crippen LogP contribution in [-0.2, 0) is 19.2 Å². The summed E-state index contributed by atoms with van der Waals surface area (Å²) in [5, 5.41) is 2.99. The van der Waals surface area contributed by atoms with Crippen LogP contribution in [-0.4, -0.2) is 47.4 Å². The summed E-state index contributed by atoms with van der Waals surface area (Å²) in [7, 11) is 1.62. The molecule has 0 bridgehead atoms. The van der Waals surface area contributed by atoms with Crippen molar-refractivity contribution in [2.75, 3.05) is 13.6 Å². The van der Waals surface area contributed by atoms with E-state index >= 15 is 0 Å². The predicted octanol–water partition coefficient (Wildman–Crippen LogP) is 4.33. The van der Waals surface area contributed by atoms with Crippen LogP contribution in [0.1, 0.15) is 30.0 Å². The van der Waals surface area contributed by atoms with Crippen LogP contribution in [0.15, 0.2) is 47.1 Å². The van der Waals surface area contributed by atoms with Crippen molar-refractivity contribution >= 4 is 85.3 Å². The van der Waals surface area contributed by atoms with Gasteiger partial charge in [-0.3, -0.25) is 24.1 Å². The molecule has 0 aromatic carbocycles. The molecule has 3 rings (SSSR count). The van der Waals surface area contributed by atoms with Crippen LogP contribution in [0.3, 0.4) is 0 Å². The smallest absolute Gasteiger partial charge is 0.263 e. The number of fused-ring (bicyclic) bond motifs is 1. The first-order chi connectivity index (χ1) is 15.8. The summed E-state index contributed by atoms with van der Waals surface area (Å²) in [5.41, 5.74) is 1.04. The second-order valence-corrected chi connectivity index (χ2v) is 9.63. The Balaban J connectivity index is 1.90. The molecule has 6 nitrogen and oxygen atoms in total. The number of allylic oxidation sites excluding steroid dienone is 4. The van der Waals surface area contributed by atoms with Crippen LogP contribution in [0.4, 0.5) is 0 Å². The van der Waals surface area contributed by atoms with E-state index in [0.29, 0.717) is 30.4 Å². The number of ketones is 2. The lowest BCUT2D eigenvalue weighted by atomic mass is 10.1. The molecule has 0 aliphatic heterocycles. The summed E-state index contributed by atoms with van der Waals surface area (Å²) < 4.78 is 1.86. The van der Waals surface area contributed by atoms with Crippen LogP contribution in [0.25, 0.3) is 21.6 Å². The van der Waals surface area contributed by atoms with Gasteiger partial charge in [0.2, 0.25) is 0 Å². The molecule has 1 N–H and O–H groups in total. The fourth-order valence-corrected chi connectivity index (χ4v) is 6.02. The van der Waals surface area contributed by atoms with Crippen LogP contribution in [0.2, 0.25) is 0 Å². The Bertz CT molecular complexity index is 1260. The molecule has 9 heteroatoms. The first-order valence-electron chi connectivity index (χ1n) is 10.2. The van der Waals surface area contributed by atoms with Gasteiger partial charge < -0.3 is 5.32 Å². The number of nitrogens with one attached hydrogen (secondary N) is 1. The molecule has 0 radical (unpaired) electrons. The van der Waals surface area contributed by atoms with Crippen molar-refractivity contribution < 1.29 is 19.2 Å². The van der Waals surface area contributed by atoms with Crippen molar-refractivity contribution in [3.8, 4) is 0 Å². The third kappa shape index (κ3) is 4.71. The van der Waals surface area contributed by atoms with E-state index in [1.807, 2.05) is 19.1 Å². The predicted molar refractivity (Wildman–Crippen MR) is 138 cm³/mol. The molecule has 1 aliphatic carbocycles. The Morgan fingerprint density at radius 3 is 2.30 bits per heavy atom. The molecule has 2 heterocycles. The minimum atomic E-state index is -0.468. The van der Waals surface area contributed by atoms with Gasteiger partial charge in [0, 0.05) is 43.9 Å². The number of hydrogen-bond donors (Lipinski definition) is 1. The number of likely N-dealkylation sites (N-methyl/N-ethyl adjacent to an activating group) is 1. The number of thiophene rings is 2. The third-order valence-corrected chi connectivity index (χ3v) is 7.73. The standard InChI is InChI=1S/C24H22N2O4S3/c1-5-16-17(6-2)22(29)18(21(16)28)9-15-11-20-19(33-15)10-14(32-20)8-13(12-27)23(30)26(7-3)24(31)25-4/h5,8-12H,1,6-7H2,2-4H3,(H,25,31)/b13-8-,18-9+. The SMILES string of the molecule is C=CC1=C(CC)C(=O)/C(=C/c2cc3sc(/C=C(/C=O)C(=O)N(CC)C(=S)NC)cc3s2)C1=O. The van der Waals surface area contributed by atoms with Crippen molar-refractivity contribution in [1.29, 1.82) is 0 Å². The zero-order chi connectivity index (χ0) is 24.3. The van der Waals surface area contributed by atoms with Crippen molar-refractivity contribution in [2.24, 2.45) is 0 Å². The second kappa shape index (κ2) is 10.3. The lowest BCUT2D eigenvalue weighted by Crippen LogP contribution is -2.42. The monoisotopic (exact) mass is 498 g/mol. The fourth-order valence-electron chi connectivity index (χ4n) is 3.50. The quantitative estimate of drug-likeness (QED) is 0.201. The van der Waals surface area contributed by atoms with Gasteiger partial charge in [-0.25, -0.2) is 0 Å². The number of amides is 1. The van der Waals surface area contributed by atoms with Crippen molar-refractivity contribution in [3.63, 3.8) is 0 Å². The average Bonchev–Trinajstić information content (AvgIpc) is 3.42. The topological polar surface area (TPSA) is 83.6 Å². The summed E-state index contributed by atoms with van der Waals surface area (Å²) in [6.07, 6.45) is 5.62. The maximum Gasteiger partial charge on any atom is 0.263 e. The zero-order valence-corrected chi connectivity index (χ0v) is 20.8. The molecule has 0 atom stereocenters. The highest BCUT2D eigenvalue weighted by Gasteiger charge is 2.33. The number of rotatable bonds is 7. The molecule has 33 heavy (non-hydrogen) atoms. The molecule has 0 saturated carbocycles. The summed E-state index contributed by atoms with van der Waals surface area (Å²) in [5.74, 6) is -1.00. The van der Waals surface area contributed by atoms with Gasteiger partial charge in [-0.1, -0.05) is 19.6 Å². The van der Waals surface area contributed by atoms with E-state index in [-0.39, 0.29) is 27.8 Å². The van der Waals surface area contributed by atoms with Crippen LogP contribution < -0.4 is 5.32 Å². The highest BCUT2D eigenvalue weighted by atomic mass is 32.1. The van der Waals surface area contributed by atoms with Crippen LogP contribution in [0, 0.1) is 0 Å². The molecule has 0 saturated heterocycles. The average molecular weight is 499 g/mol. The fraction of sp³-hybridized carbons (Fsp3) is 0.208. The normalized spacial score (nSPS) is 15.5. The van der Waals surface area contributed by atoms with E-state index in [9.17, 15) is 19.2 Å². The van der Waals surface area contributed by atoms with Gasteiger partial charge in [-0.05, 0) is 49.8 Å². The number of Topliss-reactive ketones (excluding diaryl/α,β-unsaturated/α-hetero) is 2. The highest BCUT2D eigenvalue weighted by molar-refractivity contribution is 7.80. The van der Waals surface area contributed by atoms with Crippen LogP contribution in [0.5, 0.6) is 0 Å². The molecule has 1 amide bonds. The number of carbonyl (C=O) groups is 4. The Hall–Kier alpha value is -3.01. The first-order valence-corrected chi connectivity index (χ1v) is 12.2. The van der Waals surface area contributed by atoms with Gasteiger partial charge in [0.15, 0.2) is 23.0 Å². The Kier molecular flexibility index (Phi) is 7.68. The zero-order valence-electron chi connectivity index (χ0n) is 18.4. The number of hydrogen-bond acceptors (Lipinski definition) is 7. The van der Waals surface area contributed by atoms with Gasteiger partial charge in [0.25, 0.3) is 5.91 Å². The largest absolute Gasteiger partial charge is 0.365 e. The molecular formula is C24H22N2O4S3. The van der Waals surface area contributed by atoms with E-state index in [1.165, 1.54) is 33.6 Å². The summed E-state index contributed by atoms with van der Waals surface area (Å²) in [6, 6.07) is 3.77. The summed E-state index contributed by atoms with van der Waals surface area (Å²) in [4.78, 5) is 52.4. The Morgan fingerprint density at radius 1 is 1.15 bits per heavy atom. The van der Waals surface area contributed by atoms with Gasteiger partial charge in [0.1, 0.15) is 0 Å². The van der Waals surface area contributed by atoms with Gasteiger partial charge in [-0.2, -0.15) is 0 Å². The second-order valence-electron chi connectivity index (χ2n) is 7.01. The number of carbonyl (C=O) groups excluding carboxylic acids is 4. The number of thiocarbonyl (C=S) groups is 1. The number of aldehydes is 1. The minimum Gasteiger partial charge on any atom is -0.365 e. The Morgan fingerprint density at radius 2 is 1.79 bits per heavy atom. The molecule has 0 unspecified atom stereocenters. The molecule has 2 aromatic heterocycles. The molecule has 0 spiro atoms. The maximum atomic E-state index is 12.7. The molecule has 2 aromatic rings. The van der Waals surface area contributed by atoms with E-state index < -0.39 is 5.91 Å². The molecule has 0 fully saturated rings. The van der Waals surface area contributed by atoms with E-state index in [1.54, 1.807) is 26.1 Å². The lowest BCUT2D eigenvalue weighted by Gasteiger charge is -2.20. The van der Waals surface area contributed by atoms with E-state index in [4.69, 9.17) is 12.2 Å². The van der Waals surface area contributed by atoms with Crippen molar-refractivity contribution in [3.05, 3.63) is 56.8 Å². The summed E-state index contributed by atoms with van der Waals surface area (Å²) in [6.45, 7) is 7.61. The van der Waals surface area contributed by atoms with E-state index in [0.717, 1.165) is 19.2 Å². The van der Waals surface area contributed by atoms with Crippen LogP contribution >= 0.6 is 34.9 Å².